The van der Waals surface area contributed by atoms with E-state index in [0.717, 1.165) is 45.2 Å². The van der Waals surface area contributed by atoms with Gasteiger partial charge >= 0.3 is 0 Å². The first-order valence-electron chi connectivity index (χ1n) is 7.60. The Bertz CT molecular complexity index is 360. The third-order valence-electron chi connectivity index (χ3n) is 4.11. The van der Waals surface area contributed by atoms with Crippen LogP contribution in [0, 0.1) is 5.92 Å². The topological polar surface area (TPSA) is 52.7 Å². The van der Waals surface area contributed by atoms with Crippen molar-refractivity contribution in [2.75, 3.05) is 39.3 Å². The van der Waals surface area contributed by atoms with E-state index in [1.165, 1.54) is 0 Å². The largest absolute Gasteiger partial charge is 0.317 e. The molecule has 0 aromatic carbocycles. The van der Waals surface area contributed by atoms with Crippen LogP contribution in [0.1, 0.15) is 39.0 Å². The molecule has 5 nitrogen and oxygen atoms in total. The Morgan fingerprint density at radius 1 is 1.21 bits per heavy atom. The van der Waals surface area contributed by atoms with Gasteiger partial charge in [-0.2, -0.15) is 17.0 Å². The Labute approximate surface area is 117 Å². The van der Waals surface area contributed by atoms with Gasteiger partial charge in [0.2, 0.25) is 0 Å². The highest BCUT2D eigenvalue weighted by atomic mass is 32.2. The summed E-state index contributed by atoms with van der Waals surface area (Å²) in [5.74, 6) is 0.519. The molecule has 2 saturated heterocycles. The van der Waals surface area contributed by atoms with Gasteiger partial charge in [0.05, 0.1) is 0 Å². The van der Waals surface area contributed by atoms with E-state index in [1.54, 1.807) is 8.61 Å². The average Bonchev–Trinajstić information content (AvgIpc) is 2.94. The summed E-state index contributed by atoms with van der Waals surface area (Å²) >= 11 is 0. The normalized spacial score (nSPS) is 23.3. The number of hydrogen-bond donors (Lipinski definition) is 1. The molecule has 0 saturated carbocycles. The minimum atomic E-state index is -3.22. The van der Waals surface area contributed by atoms with Gasteiger partial charge in [-0.05, 0) is 51.1 Å². The Kier molecular flexibility index (Phi) is 5.62. The summed E-state index contributed by atoms with van der Waals surface area (Å²) < 4.78 is 28.7. The van der Waals surface area contributed by atoms with E-state index in [0.29, 0.717) is 32.1 Å². The van der Waals surface area contributed by atoms with E-state index in [2.05, 4.69) is 12.2 Å². The molecule has 112 valence electrons. The second-order valence-electron chi connectivity index (χ2n) is 5.67. The molecule has 2 fully saturated rings. The van der Waals surface area contributed by atoms with E-state index >= 15 is 0 Å². The zero-order chi connectivity index (χ0) is 13.7. The maximum absolute atomic E-state index is 12.6. The average molecular weight is 289 g/mol. The van der Waals surface area contributed by atoms with Gasteiger partial charge in [-0.3, -0.25) is 0 Å². The van der Waals surface area contributed by atoms with Crippen molar-refractivity contribution in [3.8, 4) is 0 Å². The lowest BCUT2D eigenvalue weighted by Crippen LogP contribution is -2.46. The summed E-state index contributed by atoms with van der Waals surface area (Å²) in [5, 5.41) is 3.34. The predicted octanol–water partition coefficient (Wildman–Crippen LogP) is 1.04. The van der Waals surface area contributed by atoms with Crippen molar-refractivity contribution in [1.82, 2.24) is 13.9 Å². The van der Waals surface area contributed by atoms with Gasteiger partial charge < -0.3 is 5.32 Å². The summed E-state index contributed by atoms with van der Waals surface area (Å²) in [5.41, 5.74) is 0. The van der Waals surface area contributed by atoms with Crippen LogP contribution in [-0.4, -0.2) is 56.3 Å². The number of rotatable bonds is 6. The lowest BCUT2D eigenvalue weighted by Gasteiger charge is -2.31. The summed E-state index contributed by atoms with van der Waals surface area (Å²) in [4.78, 5) is 0. The summed E-state index contributed by atoms with van der Waals surface area (Å²) in [6.07, 6.45) is 5.09. The number of hydrogen-bond acceptors (Lipinski definition) is 3. The van der Waals surface area contributed by atoms with Crippen LogP contribution in [0.15, 0.2) is 0 Å². The van der Waals surface area contributed by atoms with E-state index in [9.17, 15) is 8.42 Å². The first-order valence-corrected chi connectivity index (χ1v) is 9.00. The second kappa shape index (κ2) is 7.02. The molecule has 2 heterocycles. The standard InChI is InChI=1S/C13H27N3O2S/c1-2-9-16(12-13-5-7-14-8-6-13)19(17,18)15-10-3-4-11-15/h13-14H,2-12H2,1H3. The SMILES string of the molecule is CCCN(CC1CCNCC1)S(=O)(=O)N1CCCC1. The highest BCUT2D eigenvalue weighted by molar-refractivity contribution is 7.86. The molecule has 1 N–H and O–H groups in total. The van der Waals surface area contributed by atoms with Crippen LogP contribution in [0.4, 0.5) is 0 Å². The molecule has 19 heavy (non-hydrogen) atoms. The summed E-state index contributed by atoms with van der Waals surface area (Å²) in [6.45, 7) is 6.86. The fourth-order valence-electron chi connectivity index (χ4n) is 2.98. The fourth-order valence-corrected chi connectivity index (χ4v) is 4.84. The van der Waals surface area contributed by atoms with Crippen molar-refractivity contribution in [2.24, 2.45) is 5.92 Å². The van der Waals surface area contributed by atoms with Crippen molar-refractivity contribution in [1.29, 1.82) is 0 Å². The van der Waals surface area contributed by atoms with Crippen molar-refractivity contribution in [3.63, 3.8) is 0 Å². The minimum absolute atomic E-state index is 0.519. The van der Waals surface area contributed by atoms with E-state index in [1.807, 2.05) is 0 Å². The number of nitrogens with one attached hydrogen (secondary N) is 1. The molecule has 0 amide bonds. The van der Waals surface area contributed by atoms with Crippen molar-refractivity contribution in [2.45, 2.75) is 39.0 Å². The maximum atomic E-state index is 12.6. The number of nitrogens with zero attached hydrogens (tertiary/aromatic N) is 2. The van der Waals surface area contributed by atoms with Gasteiger partial charge in [0.15, 0.2) is 0 Å². The molecule has 0 radical (unpaired) electrons. The van der Waals surface area contributed by atoms with Crippen LogP contribution < -0.4 is 5.32 Å². The molecule has 0 aromatic heterocycles. The van der Waals surface area contributed by atoms with Gasteiger partial charge in [0.25, 0.3) is 10.2 Å². The van der Waals surface area contributed by atoms with Crippen molar-refractivity contribution in [3.05, 3.63) is 0 Å². The molecule has 6 heteroatoms. The Balaban J connectivity index is 2.00. The lowest BCUT2D eigenvalue weighted by molar-refractivity contribution is 0.274. The van der Waals surface area contributed by atoms with E-state index < -0.39 is 10.2 Å². The molecule has 0 aromatic rings. The van der Waals surface area contributed by atoms with Crippen LogP contribution >= 0.6 is 0 Å². The van der Waals surface area contributed by atoms with Crippen molar-refractivity contribution >= 4 is 10.2 Å². The zero-order valence-corrected chi connectivity index (χ0v) is 12.8. The van der Waals surface area contributed by atoms with Gasteiger partial charge in [-0.15, -0.1) is 0 Å². The highest BCUT2D eigenvalue weighted by Crippen LogP contribution is 2.21. The first kappa shape index (κ1) is 15.2. The van der Waals surface area contributed by atoms with Gasteiger partial charge in [0, 0.05) is 26.2 Å². The molecule has 2 aliphatic heterocycles. The molecule has 0 aliphatic carbocycles. The van der Waals surface area contributed by atoms with E-state index in [-0.39, 0.29) is 0 Å². The van der Waals surface area contributed by atoms with Crippen molar-refractivity contribution < 1.29 is 8.42 Å². The molecule has 2 aliphatic rings. The minimum Gasteiger partial charge on any atom is -0.317 e. The summed E-state index contributed by atoms with van der Waals surface area (Å²) in [7, 11) is -3.22. The fraction of sp³-hybridized carbons (Fsp3) is 1.00. The van der Waals surface area contributed by atoms with Gasteiger partial charge in [0.1, 0.15) is 0 Å². The van der Waals surface area contributed by atoms with E-state index in [4.69, 9.17) is 0 Å². The first-order chi connectivity index (χ1) is 9.14. The van der Waals surface area contributed by atoms with Crippen LogP contribution in [0.25, 0.3) is 0 Å². The molecule has 2 rings (SSSR count). The molecule has 0 unspecified atom stereocenters. The zero-order valence-electron chi connectivity index (χ0n) is 12.0. The molecule has 0 bridgehead atoms. The number of piperidine rings is 1. The smallest absolute Gasteiger partial charge is 0.281 e. The van der Waals surface area contributed by atoms with Crippen LogP contribution in [0.3, 0.4) is 0 Å². The second-order valence-corrected chi connectivity index (χ2v) is 7.59. The Morgan fingerprint density at radius 3 is 2.42 bits per heavy atom. The Hall–Kier alpha value is -0.170. The highest BCUT2D eigenvalue weighted by Gasteiger charge is 2.32. The van der Waals surface area contributed by atoms with Gasteiger partial charge in [-0.1, -0.05) is 6.92 Å². The monoisotopic (exact) mass is 289 g/mol. The lowest BCUT2D eigenvalue weighted by atomic mass is 9.98. The van der Waals surface area contributed by atoms with Crippen LogP contribution in [-0.2, 0) is 10.2 Å². The third kappa shape index (κ3) is 3.90. The molecular weight excluding hydrogens is 262 g/mol. The quantitative estimate of drug-likeness (QED) is 0.795. The molecule has 0 atom stereocenters. The molecular formula is C13H27N3O2S. The van der Waals surface area contributed by atoms with Crippen LogP contribution in [0.5, 0.6) is 0 Å². The van der Waals surface area contributed by atoms with Crippen LogP contribution in [0.2, 0.25) is 0 Å². The summed E-state index contributed by atoms with van der Waals surface area (Å²) in [6, 6.07) is 0. The third-order valence-corrected chi connectivity index (χ3v) is 6.11. The Morgan fingerprint density at radius 2 is 1.84 bits per heavy atom. The predicted molar refractivity (Wildman–Crippen MR) is 77.2 cm³/mol. The van der Waals surface area contributed by atoms with Gasteiger partial charge in [-0.25, -0.2) is 0 Å². The molecule has 0 spiro atoms. The maximum Gasteiger partial charge on any atom is 0.281 e.